The molecule has 98 valence electrons. The van der Waals surface area contributed by atoms with Crippen LogP contribution >= 0.6 is 0 Å². The van der Waals surface area contributed by atoms with E-state index in [0.717, 1.165) is 44.1 Å². The third kappa shape index (κ3) is 2.12. The van der Waals surface area contributed by atoms with Gasteiger partial charge in [0, 0.05) is 26.4 Å². The van der Waals surface area contributed by atoms with Crippen molar-refractivity contribution < 1.29 is 4.79 Å². The lowest BCUT2D eigenvalue weighted by Crippen LogP contribution is -2.44. The Labute approximate surface area is 106 Å². The predicted octanol–water partition coefficient (Wildman–Crippen LogP) is -0.208. The standard InChI is InChI=1S/C12H19N5O/c1-16(12(18)5-9-6-13-7-9)8-11-15-14-10-3-2-4-17(10)11/h9,13H,2-8H2,1H3. The highest BCUT2D eigenvalue weighted by Gasteiger charge is 2.24. The summed E-state index contributed by atoms with van der Waals surface area (Å²) in [7, 11) is 1.85. The zero-order valence-electron chi connectivity index (χ0n) is 10.7. The van der Waals surface area contributed by atoms with Crippen LogP contribution in [0.1, 0.15) is 24.5 Å². The van der Waals surface area contributed by atoms with Crippen molar-refractivity contribution in [3.63, 3.8) is 0 Å². The van der Waals surface area contributed by atoms with Gasteiger partial charge in [0.25, 0.3) is 0 Å². The van der Waals surface area contributed by atoms with E-state index in [1.165, 1.54) is 0 Å². The molecule has 0 atom stereocenters. The summed E-state index contributed by atoms with van der Waals surface area (Å²) in [5, 5.41) is 11.5. The van der Waals surface area contributed by atoms with E-state index < -0.39 is 0 Å². The molecule has 0 unspecified atom stereocenters. The summed E-state index contributed by atoms with van der Waals surface area (Å²) in [6.45, 7) is 3.51. The molecule has 3 rings (SSSR count). The minimum atomic E-state index is 0.205. The van der Waals surface area contributed by atoms with Gasteiger partial charge in [0.1, 0.15) is 5.82 Å². The van der Waals surface area contributed by atoms with E-state index in [-0.39, 0.29) is 5.91 Å². The number of aryl methyl sites for hydroxylation is 1. The number of nitrogens with one attached hydrogen (secondary N) is 1. The molecule has 2 aliphatic rings. The number of aromatic nitrogens is 3. The third-order valence-electron chi connectivity index (χ3n) is 3.82. The van der Waals surface area contributed by atoms with Gasteiger partial charge in [-0.3, -0.25) is 4.79 Å². The van der Waals surface area contributed by atoms with Gasteiger partial charge in [-0.25, -0.2) is 0 Å². The first-order chi connectivity index (χ1) is 8.74. The lowest BCUT2D eigenvalue weighted by Gasteiger charge is -2.28. The van der Waals surface area contributed by atoms with E-state index in [2.05, 4.69) is 20.1 Å². The van der Waals surface area contributed by atoms with Crippen LogP contribution in [-0.4, -0.2) is 45.7 Å². The SMILES string of the molecule is CN(Cc1nnc2n1CCC2)C(=O)CC1CNC1. The van der Waals surface area contributed by atoms with Gasteiger partial charge in [0.2, 0.25) is 5.91 Å². The van der Waals surface area contributed by atoms with E-state index in [9.17, 15) is 4.79 Å². The number of fused-ring (bicyclic) bond motifs is 1. The van der Waals surface area contributed by atoms with Crippen molar-refractivity contribution >= 4 is 5.91 Å². The number of hydrogen-bond donors (Lipinski definition) is 1. The van der Waals surface area contributed by atoms with E-state index in [1.54, 1.807) is 4.90 Å². The number of rotatable bonds is 4. The maximum absolute atomic E-state index is 12.0. The smallest absolute Gasteiger partial charge is 0.223 e. The zero-order chi connectivity index (χ0) is 12.5. The Balaban J connectivity index is 1.59. The van der Waals surface area contributed by atoms with Crippen LogP contribution in [0, 0.1) is 5.92 Å². The summed E-state index contributed by atoms with van der Waals surface area (Å²) in [5.74, 6) is 2.71. The number of carbonyl (C=O) groups is 1. The topological polar surface area (TPSA) is 63.1 Å². The van der Waals surface area contributed by atoms with Crippen LogP contribution in [0.3, 0.4) is 0 Å². The predicted molar refractivity (Wildman–Crippen MR) is 65.8 cm³/mol. The highest BCUT2D eigenvalue weighted by atomic mass is 16.2. The molecular weight excluding hydrogens is 230 g/mol. The van der Waals surface area contributed by atoms with Crippen molar-refractivity contribution in [1.29, 1.82) is 0 Å². The molecule has 1 N–H and O–H groups in total. The largest absolute Gasteiger partial charge is 0.338 e. The van der Waals surface area contributed by atoms with E-state index in [1.807, 2.05) is 7.05 Å². The molecule has 0 saturated carbocycles. The normalized spacial score (nSPS) is 18.5. The number of amides is 1. The molecule has 0 aromatic carbocycles. The van der Waals surface area contributed by atoms with Crippen LogP contribution in [0.15, 0.2) is 0 Å². The van der Waals surface area contributed by atoms with Gasteiger partial charge < -0.3 is 14.8 Å². The molecule has 6 nitrogen and oxygen atoms in total. The fourth-order valence-electron chi connectivity index (χ4n) is 2.52. The van der Waals surface area contributed by atoms with Crippen LogP contribution in [0.25, 0.3) is 0 Å². The molecule has 6 heteroatoms. The second-order valence-corrected chi connectivity index (χ2v) is 5.27. The van der Waals surface area contributed by atoms with Crippen molar-refractivity contribution in [2.24, 2.45) is 5.92 Å². The van der Waals surface area contributed by atoms with Gasteiger partial charge in [-0.15, -0.1) is 10.2 Å². The summed E-state index contributed by atoms with van der Waals surface area (Å²) in [6.07, 6.45) is 2.80. The molecule has 0 spiro atoms. The van der Waals surface area contributed by atoms with Crippen LogP contribution in [-0.2, 0) is 24.3 Å². The molecule has 1 aromatic heterocycles. The van der Waals surface area contributed by atoms with Gasteiger partial charge >= 0.3 is 0 Å². The summed E-state index contributed by atoms with van der Waals surface area (Å²) in [6, 6.07) is 0. The first-order valence-corrected chi connectivity index (χ1v) is 6.59. The first-order valence-electron chi connectivity index (χ1n) is 6.59. The summed E-state index contributed by atoms with van der Waals surface area (Å²) in [4.78, 5) is 13.8. The Hall–Kier alpha value is -1.43. The average Bonchev–Trinajstić information content (AvgIpc) is 2.88. The van der Waals surface area contributed by atoms with Gasteiger partial charge in [-0.1, -0.05) is 0 Å². The molecule has 1 saturated heterocycles. The molecular formula is C12H19N5O. The van der Waals surface area contributed by atoms with Crippen molar-refractivity contribution in [1.82, 2.24) is 25.0 Å². The van der Waals surface area contributed by atoms with E-state index >= 15 is 0 Å². The number of nitrogens with zero attached hydrogens (tertiary/aromatic N) is 4. The first kappa shape index (κ1) is 11.6. The minimum Gasteiger partial charge on any atom is -0.338 e. The Morgan fingerprint density at radius 3 is 3.06 bits per heavy atom. The second-order valence-electron chi connectivity index (χ2n) is 5.27. The molecule has 0 bridgehead atoms. The Bertz CT molecular complexity index is 451. The lowest BCUT2D eigenvalue weighted by molar-refractivity contribution is -0.131. The van der Waals surface area contributed by atoms with Gasteiger partial charge in [0.05, 0.1) is 6.54 Å². The van der Waals surface area contributed by atoms with E-state index in [4.69, 9.17) is 0 Å². The quantitative estimate of drug-likeness (QED) is 0.802. The van der Waals surface area contributed by atoms with Crippen molar-refractivity contribution in [2.75, 3.05) is 20.1 Å². The third-order valence-corrected chi connectivity index (χ3v) is 3.82. The molecule has 18 heavy (non-hydrogen) atoms. The number of carbonyl (C=O) groups excluding carboxylic acids is 1. The molecule has 2 aliphatic heterocycles. The van der Waals surface area contributed by atoms with Gasteiger partial charge in [-0.2, -0.15) is 0 Å². The maximum atomic E-state index is 12.0. The summed E-state index contributed by atoms with van der Waals surface area (Å²) >= 11 is 0. The zero-order valence-corrected chi connectivity index (χ0v) is 10.7. The molecule has 0 aliphatic carbocycles. The van der Waals surface area contributed by atoms with Crippen molar-refractivity contribution in [2.45, 2.75) is 32.4 Å². The highest BCUT2D eigenvalue weighted by Crippen LogP contribution is 2.16. The molecule has 1 amide bonds. The molecule has 1 aromatic rings. The summed E-state index contributed by atoms with van der Waals surface area (Å²) < 4.78 is 2.15. The summed E-state index contributed by atoms with van der Waals surface area (Å²) in [5.41, 5.74) is 0. The van der Waals surface area contributed by atoms with Crippen molar-refractivity contribution in [3.8, 4) is 0 Å². The van der Waals surface area contributed by atoms with Gasteiger partial charge in [-0.05, 0) is 25.4 Å². The second kappa shape index (κ2) is 4.68. The lowest BCUT2D eigenvalue weighted by atomic mass is 9.99. The van der Waals surface area contributed by atoms with Gasteiger partial charge in [0.15, 0.2) is 5.82 Å². The average molecular weight is 249 g/mol. The van der Waals surface area contributed by atoms with Crippen molar-refractivity contribution in [3.05, 3.63) is 11.6 Å². The molecule has 3 heterocycles. The Kier molecular flexibility index (Phi) is 3.03. The van der Waals surface area contributed by atoms with Crippen LogP contribution < -0.4 is 5.32 Å². The van der Waals surface area contributed by atoms with Crippen LogP contribution in [0.4, 0.5) is 0 Å². The van der Waals surface area contributed by atoms with E-state index in [0.29, 0.717) is 18.9 Å². The van der Waals surface area contributed by atoms with Crippen LogP contribution in [0.2, 0.25) is 0 Å². The molecule has 1 fully saturated rings. The fourth-order valence-corrected chi connectivity index (χ4v) is 2.52. The maximum Gasteiger partial charge on any atom is 0.223 e. The fraction of sp³-hybridized carbons (Fsp3) is 0.750. The molecule has 0 radical (unpaired) electrons. The highest BCUT2D eigenvalue weighted by molar-refractivity contribution is 5.76. The Morgan fingerprint density at radius 2 is 2.33 bits per heavy atom. The minimum absolute atomic E-state index is 0.205. The van der Waals surface area contributed by atoms with Crippen LogP contribution in [0.5, 0.6) is 0 Å². The number of hydrogen-bond acceptors (Lipinski definition) is 4. The monoisotopic (exact) mass is 249 g/mol. The Morgan fingerprint density at radius 1 is 1.50 bits per heavy atom.